The van der Waals surface area contributed by atoms with E-state index in [1.165, 1.54) is 36.5 Å². The monoisotopic (exact) mass is 420 g/mol. The molecule has 0 N–H and O–H groups in total. The maximum absolute atomic E-state index is 9.58. The molecule has 0 aliphatic heterocycles. The summed E-state index contributed by atoms with van der Waals surface area (Å²) in [6.07, 6.45) is 13.3. The molecule has 162 valence electrons. The summed E-state index contributed by atoms with van der Waals surface area (Å²) in [7, 11) is 0. The molecular weight excluding hydrogens is 396 g/mol. The summed E-state index contributed by atoms with van der Waals surface area (Å²) in [6.45, 7) is 2.75. The first-order chi connectivity index (χ1) is 14.7. The Kier molecular flexibility index (Phi) is 37.4. The molecule has 0 saturated carbocycles. The Balaban J connectivity index is -0.000000366. The molecule has 12 heteroatoms. The summed E-state index contributed by atoms with van der Waals surface area (Å²) in [5, 5.41) is 0. The summed E-state index contributed by atoms with van der Waals surface area (Å²) >= 11 is 0. The number of unbranched alkanes of at least 4 members (excludes halogenated alkanes) is 3. The number of hydrogen-bond acceptors (Lipinski definition) is 12. The van der Waals surface area contributed by atoms with Crippen LogP contribution < -0.4 is 0 Å². The van der Waals surface area contributed by atoms with Crippen LogP contribution in [0.5, 0.6) is 0 Å². The maximum Gasteiger partial charge on any atom is 0.234 e. The van der Waals surface area contributed by atoms with E-state index in [1.807, 2.05) is 0 Å². The van der Waals surface area contributed by atoms with Gasteiger partial charge in [-0.25, -0.2) is 58.7 Å². The van der Waals surface area contributed by atoms with Gasteiger partial charge >= 0.3 is 0 Å². The Morgan fingerprint density at radius 2 is 0.500 bits per heavy atom. The molecule has 0 saturated heterocycles. The van der Waals surface area contributed by atoms with Crippen LogP contribution in [0, 0.1) is 0 Å². The summed E-state index contributed by atoms with van der Waals surface area (Å²) in [5.74, 6) is 0. The maximum atomic E-state index is 9.58. The lowest BCUT2D eigenvalue weighted by Gasteiger charge is -1.90. The van der Waals surface area contributed by atoms with Crippen molar-refractivity contribution in [3.05, 3.63) is 0 Å². The van der Waals surface area contributed by atoms with Crippen LogP contribution in [0.2, 0.25) is 0 Å². The number of rotatable bonds is 15. The van der Waals surface area contributed by atoms with E-state index >= 15 is 0 Å². The van der Waals surface area contributed by atoms with E-state index in [4.69, 9.17) is 0 Å². The average Bonchev–Trinajstić information content (AvgIpc) is 2.76. The fourth-order valence-corrected chi connectivity index (χ4v) is 1.44. The predicted octanol–water partition coefficient (Wildman–Crippen LogP) is 1.31. The van der Waals surface area contributed by atoms with Crippen molar-refractivity contribution in [1.29, 1.82) is 0 Å². The van der Waals surface area contributed by atoms with Gasteiger partial charge in [0.25, 0.3) is 0 Å². The Morgan fingerprint density at radius 3 is 0.733 bits per heavy atom. The standard InChI is InChI=1S/C7H10N2O2.C6H8N2O2.C5H6N2O2/c10-6-8-4-2-1-3-5-9-7-11;9-5-7-3-1-2-4-8-6-10;8-4-6-2-1-3-7-5-9/h1-5H2;1-4H2;1-3H2. The van der Waals surface area contributed by atoms with Crippen molar-refractivity contribution in [2.24, 2.45) is 30.0 Å². The molecule has 0 aromatic carbocycles. The van der Waals surface area contributed by atoms with Crippen LogP contribution in [-0.2, 0) is 28.8 Å². The van der Waals surface area contributed by atoms with E-state index in [0.717, 1.165) is 32.1 Å². The third-order valence-electron chi connectivity index (χ3n) is 2.76. The number of nitrogens with zero attached hydrogens (tertiary/aromatic N) is 6. The highest BCUT2D eigenvalue weighted by molar-refractivity contribution is 5.34. The zero-order valence-electron chi connectivity index (χ0n) is 16.6. The lowest BCUT2D eigenvalue weighted by atomic mass is 10.2. The predicted molar refractivity (Wildman–Crippen MR) is 106 cm³/mol. The first-order valence-corrected chi connectivity index (χ1v) is 8.96. The summed E-state index contributed by atoms with van der Waals surface area (Å²) < 4.78 is 0. The van der Waals surface area contributed by atoms with E-state index < -0.39 is 0 Å². The molecule has 0 amide bonds. The van der Waals surface area contributed by atoms with Crippen molar-refractivity contribution in [3.63, 3.8) is 0 Å². The average molecular weight is 420 g/mol. The number of aliphatic imine (C=N–C) groups is 6. The Morgan fingerprint density at radius 1 is 0.300 bits per heavy atom. The molecule has 12 nitrogen and oxygen atoms in total. The van der Waals surface area contributed by atoms with Gasteiger partial charge in [-0.3, -0.25) is 0 Å². The van der Waals surface area contributed by atoms with Gasteiger partial charge < -0.3 is 0 Å². The highest BCUT2D eigenvalue weighted by atomic mass is 16.1. The van der Waals surface area contributed by atoms with Gasteiger partial charge in [0.1, 0.15) is 0 Å². The molecule has 30 heavy (non-hydrogen) atoms. The van der Waals surface area contributed by atoms with Crippen LogP contribution in [0.4, 0.5) is 0 Å². The Bertz CT molecular complexity index is 632. The highest BCUT2D eigenvalue weighted by Gasteiger charge is 1.86. The zero-order valence-corrected chi connectivity index (χ0v) is 16.6. The lowest BCUT2D eigenvalue weighted by Crippen LogP contribution is -1.84. The molecule has 0 aliphatic rings. The number of carbonyl (C=O) groups excluding carboxylic acids is 6. The molecule has 0 aliphatic carbocycles. The van der Waals surface area contributed by atoms with Crippen LogP contribution in [-0.4, -0.2) is 75.7 Å². The highest BCUT2D eigenvalue weighted by Crippen LogP contribution is 1.94. The third-order valence-corrected chi connectivity index (χ3v) is 2.76. The van der Waals surface area contributed by atoms with E-state index in [2.05, 4.69) is 30.0 Å². The molecule has 0 aromatic rings. The Hall–Kier alpha value is -3.72. The molecule has 0 aromatic heterocycles. The molecule has 0 unspecified atom stereocenters. The van der Waals surface area contributed by atoms with Crippen LogP contribution in [0.25, 0.3) is 0 Å². The smallest absolute Gasteiger partial charge is 0.211 e. The first kappa shape index (κ1) is 31.0. The second-order valence-corrected chi connectivity index (χ2v) is 4.96. The number of hydrogen-bond donors (Lipinski definition) is 0. The second kappa shape index (κ2) is 36.2. The fourth-order valence-electron chi connectivity index (χ4n) is 1.44. The van der Waals surface area contributed by atoms with Crippen LogP contribution in [0.1, 0.15) is 38.5 Å². The molecule has 0 atom stereocenters. The van der Waals surface area contributed by atoms with E-state index in [1.54, 1.807) is 0 Å². The van der Waals surface area contributed by atoms with Gasteiger partial charge in [-0.1, -0.05) is 0 Å². The minimum Gasteiger partial charge on any atom is -0.211 e. The summed E-state index contributed by atoms with van der Waals surface area (Å²) in [6, 6.07) is 0. The van der Waals surface area contributed by atoms with Gasteiger partial charge in [0.15, 0.2) is 0 Å². The first-order valence-electron chi connectivity index (χ1n) is 8.96. The molecule has 0 radical (unpaired) electrons. The minimum absolute atomic E-state index is 0.384. The van der Waals surface area contributed by atoms with Crippen molar-refractivity contribution in [2.75, 3.05) is 39.3 Å². The van der Waals surface area contributed by atoms with Gasteiger partial charge in [-0.2, -0.15) is 0 Å². The fraction of sp³-hybridized carbons (Fsp3) is 0.667. The lowest BCUT2D eigenvalue weighted by molar-refractivity contribution is 0.559. The van der Waals surface area contributed by atoms with E-state index in [0.29, 0.717) is 45.7 Å². The molecule has 0 bridgehead atoms. The van der Waals surface area contributed by atoms with E-state index in [-0.39, 0.29) is 0 Å². The van der Waals surface area contributed by atoms with Gasteiger partial charge in [-0.05, 0) is 38.5 Å². The van der Waals surface area contributed by atoms with Gasteiger partial charge in [0.2, 0.25) is 36.5 Å². The van der Waals surface area contributed by atoms with Gasteiger partial charge in [0, 0.05) is 0 Å². The van der Waals surface area contributed by atoms with Crippen molar-refractivity contribution in [2.45, 2.75) is 38.5 Å². The zero-order chi connectivity index (χ0) is 23.0. The van der Waals surface area contributed by atoms with Crippen LogP contribution >= 0.6 is 0 Å². The van der Waals surface area contributed by atoms with Gasteiger partial charge in [0.05, 0.1) is 39.3 Å². The summed E-state index contributed by atoms with van der Waals surface area (Å²) in [4.78, 5) is 77.0. The van der Waals surface area contributed by atoms with Gasteiger partial charge in [-0.15, -0.1) is 0 Å². The second-order valence-electron chi connectivity index (χ2n) is 4.96. The van der Waals surface area contributed by atoms with Crippen molar-refractivity contribution in [1.82, 2.24) is 0 Å². The largest absolute Gasteiger partial charge is 0.234 e. The molecule has 0 heterocycles. The molecule has 0 rings (SSSR count). The third kappa shape index (κ3) is 44.1. The topological polar surface area (TPSA) is 177 Å². The van der Waals surface area contributed by atoms with Crippen molar-refractivity contribution >= 4 is 36.5 Å². The van der Waals surface area contributed by atoms with E-state index in [9.17, 15) is 28.8 Å². The molecule has 0 spiro atoms. The van der Waals surface area contributed by atoms with Crippen LogP contribution in [0.15, 0.2) is 30.0 Å². The molecular formula is C18H24N6O6. The van der Waals surface area contributed by atoms with Crippen LogP contribution in [0.3, 0.4) is 0 Å². The summed E-state index contributed by atoms with van der Waals surface area (Å²) in [5.41, 5.74) is 0. The SMILES string of the molecule is O=C=NCCCCCN=C=O.O=C=NCCCCN=C=O.O=C=NCCCN=C=O. The number of isocyanates is 6. The normalized spacial score (nSPS) is 7.60. The quantitative estimate of drug-likeness (QED) is 0.219. The van der Waals surface area contributed by atoms with Crippen molar-refractivity contribution < 1.29 is 28.8 Å². The van der Waals surface area contributed by atoms with Crippen molar-refractivity contribution in [3.8, 4) is 0 Å². The Labute approximate surface area is 173 Å². The molecule has 0 fully saturated rings. The minimum atomic E-state index is 0.384.